The number of sulfonamides is 1. The van der Waals surface area contributed by atoms with Crippen LogP contribution in [0.5, 0.6) is 11.5 Å². The van der Waals surface area contributed by atoms with Crippen molar-refractivity contribution in [3.63, 3.8) is 0 Å². The maximum Gasteiger partial charge on any atom is 0.387 e. The largest absolute Gasteiger partial charge is 0.489 e. The van der Waals surface area contributed by atoms with Gasteiger partial charge in [-0.2, -0.15) is 13.1 Å². The number of halogens is 4. The second kappa shape index (κ2) is 16.2. The van der Waals surface area contributed by atoms with E-state index in [2.05, 4.69) is 14.6 Å². The lowest BCUT2D eigenvalue weighted by Gasteiger charge is -2.32. The van der Waals surface area contributed by atoms with Crippen LogP contribution in [0.3, 0.4) is 0 Å². The molecule has 3 aromatic rings. The molecule has 1 amide bonds. The van der Waals surface area contributed by atoms with Crippen LogP contribution < -0.4 is 14.5 Å². The third-order valence-electron chi connectivity index (χ3n) is 8.92. The number of likely N-dealkylation sites (N-methyl/N-ethyl adjacent to an activating group) is 1. The van der Waals surface area contributed by atoms with E-state index in [9.17, 15) is 26.8 Å². The SMILES string of the molecule is CN1CCN(C(=O)c2ccc(S(=O)(=O)N3CCSC3C(=O)O[C@@H](Cc3c(Cl)c[nH+]cc3Cl)c3ccc(OC(F)F)c(OCC4CC4)c3)cc2)CC1. The van der Waals surface area contributed by atoms with Gasteiger partial charge < -0.3 is 24.0 Å². The van der Waals surface area contributed by atoms with Gasteiger partial charge in [0.1, 0.15) is 16.1 Å². The predicted octanol–water partition coefficient (Wildman–Crippen LogP) is 5.18. The highest BCUT2D eigenvalue weighted by atomic mass is 35.5. The third-order valence-corrected chi connectivity index (χ3v) is 12.8. The number of rotatable bonds is 13. The molecule has 274 valence electrons. The summed E-state index contributed by atoms with van der Waals surface area (Å²) in [6.45, 7) is -0.0848. The molecule has 2 atom stereocenters. The zero-order valence-corrected chi connectivity index (χ0v) is 30.7. The standard InChI is InChI=1S/C34H36Cl2F2N4O7S2/c1-40-10-12-41(13-11-40)31(43)22-4-7-24(8-5-22)51(45,46)42-14-15-50-32(42)33(44)48-29(17-25-26(35)18-39-19-27(25)36)23-6-9-28(49-34(37)38)30(16-23)47-20-21-2-3-21/h4-9,16,18-19,21,29,32,34H,2-3,10-15,17,20H2,1H3/p+1/t29-,32?/m0/s1. The molecule has 11 nitrogen and oxygen atoms in total. The fourth-order valence-electron chi connectivity index (χ4n) is 5.79. The minimum atomic E-state index is -4.19. The van der Waals surface area contributed by atoms with Gasteiger partial charge in [0.25, 0.3) is 5.91 Å². The van der Waals surface area contributed by atoms with Crippen molar-refractivity contribution < 1.29 is 46.0 Å². The number of esters is 1. The number of aromatic amines is 1. The van der Waals surface area contributed by atoms with Gasteiger partial charge in [-0.1, -0.05) is 29.3 Å². The number of piperazine rings is 1. The Hall–Kier alpha value is -3.21. The average Bonchev–Trinajstić information content (AvgIpc) is 3.80. The van der Waals surface area contributed by atoms with E-state index in [4.69, 9.17) is 32.7 Å². The van der Waals surface area contributed by atoms with Crippen LogP contribution in [-0.2, 0) is 26.0 Å². The summed E-state index contributed by atoms with van der Waals surface area (Å²) in [5.74, 6) is -0.508. The van der Waals surface area contributed by atoms with Crippen molar-refractivity contribution in [2.24, 2.45) is 5.92 Å². The molecule has 6 rings (SSSR count). The van der Waals surface area contributed by atoms with E-state index in [0.717, 1.165) is 42.0 Å². The van der Waals surface area contributed by atoms with Crippen LogP contribution >= 0.6 is 35.0 Å². The molecule has 0 bridgehead atoms. The van der Waals surface area contributed by atoms with E-state index in [0.29, 0.717) is 48.1 Å². The maximum atomic E-state index is 13.9. The first-order valence-electron chi connectivity index (χ1n) is 16.4. The lowest BCUT2D eigenvalue weighted by molar-refractivity contribution is -0.377. The van der Waals surface area contributed by atoms with Crippen molar-refractivity contribution in [3.8, 4) is 11.5 Å². The van der Waals surface area contributed by atoms with Gasteiger partial charge in [-0.25, -0.2) is 18.2 Å². The summed E-state index contributed by atoms with van der Waals surface area (Å²) in [6, 6.07) is 9.95. The molecule has 2 aliphatic heterocycles. The minimum absolute atomic E-state index is 0.0257. The molecule has 51 heavy (non-hydrogen) atoms. The monoisotopic (exact) mass is 785 g/mol. The first-order valence-corrected chi connectivity index (χ1v) is 19.6. The molecule has 3 aliphatic rings. The average molecular weight is 787 g/mol. The number of nitrogens with one attached hydrogen (secondary N) is 1. The van der Waals surface area contributed by atoms with Gasteiger partial charge in [-0.3, -0.25) is 4.79 Å². The lowest BCUT2D eigenvalue weighted by Crippen LogP contribution is -2.47. The summed E-state index contributed by atoms with van der Waals surface area (Å²) in [7, 11) is -2.20. The highest BCUT2D eigenvalue weighted by Gasteiger charge is 2.42. The van der Waals surface area contributed by atoms with E-state index < -0.39 is 34.1 Å². The first-order chi connectivity index (χ1) is 24.4. The van der Waals surface area contributed by atoms with Gasteiger partial charge in [0.05, 0.1) is 11.5 Å². The highest BCUT2D eigenvalue weighted by molar-refractivity contribution is 8.02. The molecule has 2 aromatic carbocycles. The van der Waals surface area contributed by atoms with Gasteiger partial charge in [0.15, 0.2) is 29.3 Å². The van der Waals surface area contributed by atoms with Gasteiger partial charge in [0.2, 0.25) is 10.0 Å². The van der Waals surface area contributed by atoms with Crippen molar-refractivity contribution in [3.05, 3.63) is 81.6 Å². The van der Waals surface area contributed by atoms with Crippen LogP contribution in [-0.4, -0.2) is 98.5 Å². The Morgan fingerprint density at radius 2 is 1.67 bits per heavy atom. The maximum absolute atomic E-state index is 13.9. The summed E-state index contributed by atoms with van der Waals surface area (Å²) < 4.78 is 71.9. The molecule has 2 saturated heterocycles. The van der Waals surface area contributed by atoms with E-state index in [-0.39, 0.29) is 45.3 Å². The number of thioether (sulfide) groups is 1. The number of hydrogen-bond donors (Lipinski definition) is 0. The minimum Gasteiger partial charge on any atom is -0.489 e. The summed E-state index contributed by atoms with van der Waals surface area (Å²) >= 11 is 14.0. The normalized spacial score (nSPS) is 19.3. The molecule has 3 heterocycles. The van der Waals surface area contributed by atoms with Gasteiger partial charge in [-0.15, -0.1) is 11.8 Å². The van der Waals surface area contributed by atoms with E-state index in [1.54, 1.807) is 4.90 Å². The van der Waals surface area contributed by atoms with Crippen LogP contribution in [0.1, 0.15) is 40.4 Å². The summed E-state index contributed by atoms with van der Waals surface area (Å²) in [5, 5.41) is -0.702. The molecule has 3 fully saturated rings. The summed E-state index contributed by atoms with van der Waals surface area (Å²) in [4.78, 5) is 33.6. The van der Waals surface area contributed by atoms with E-state index in [1.165, 1.54) is 54.9 Å². The molecule has 1 aromatic heterocycles. The molecule has 0 radical (unpaired) electrons. The number of ether oxygens (including phenoxy) is 3. The Labute approximate surface area is 309 Å². The number of H-pyrrole nitrogens is 1. The van der Waals surface area contributed by atoms with Crippen molar-refractivity contribution in [1.29, 1.82) is 0 Å². The number of nitrogens with zero attached hydrogens (tertiary/aromatic N) is 3. The van der Waals surface area contributed by atoms with Crippen LogP contribution in [0, 0.1) is 5.92 Å². The molecule has 0 spiro atoms. The second-order valence-corrected chi connectivity index (χ2v) is 16.5. The Balaban J connectivity index is 1.24. The smallest absolute Gasteiger partial charge is 0.387 e. The Morgan fingerprint density at radius 1 is 0.980 bits per heavy atom. The summed E-state index contributed by atoms with van der Waals surface area (Å²) in [5.41, 5.74) is 1.18. The predicted molar refractivity (Wildman–Crippen MR) is 187 cm³/mol. The quantitative estimate of drug-likeness (QED) is 0.216. The number of pyridine rings is 1. The third kappa shape index (κ3) is 9.06. The number of aromatic nitrogens is 1. The fraction of sp³-hybridized carbons (Fsp3) is 0.441. The summed E-state index contributed by atoms with van der Waals surface area (Å²) in [6.07, 6.45) is 3.84. The van der Waals surface area contributed by atoms with Crippen molar-refractivity contribution in [2.45, 2.75) is 42.2 Å². The zero-order valence-electron chi connectivity index (χ0n) is 27.6. The molecule has 1 saturated carbocycles. The number of benzene rings is 2. The Morgan fingerprint density at radius 3 is 2.31 bits per heavy atom. The van der Waals surface area contributed by atoms with Crippen molar-refractivity contribution in [1.82, 2.24) is 14.1 Å². The van der Waals surface area contributed by atoms with Crippen molar-refractivity contribution in [2.75, 3.05) is 52.1 Å². The van der Waals surface area contributed by atoms with Gasteiger partial charge in [-0.05, 0) is 67.8 Å². The number of alkyl halides is 2. The number of carbonyl (C=O) groups excluding carboxylic acids is 2. The molecular weight excluding hydrogens is 749 g/mol. The molecule has 1 aliphatic carbocycles. The lowest BCUT2D eigenvalue weighted by atomic mass is 10.0. The molecule has 17 heteroatoms. The molecular formula is C34H37Cl2F2N4O7S2+. The van der Waals surface area contributed by atoms with E-state index in [1.807, 2.05) is 7.05 Å². The van der Waals surface area contributed by atoms with Crippen LogP contribution in [0.2, 0.25) is 10.0 Å². The van der Waals surface area contributed by atoms with Gasteiger partial charge >= 0.3 is 12.6 Å². The Bertz CT molecular complexity index is 1830. The molecule has 1 unspecified atom stereocenters. The number of carbonyl (C=O) groups is 2. The van der Waals surface area contributed by atoms with Crippen molar-refractivity contribution >= 4 is 56.9 Å². The fourth-order valence-corrected chi connectivity index (χ4v) is 9.37. The number of hydrogen-bond acceptors (Lipinski definition) is 9. The molecule has 1 N–H and O–H groups in total. The van der Waals surface area contributed by atoms with E-state index >= 15 is 0 Å². The highest BCUT2D eigenvalue weighted by Crippen LogP contribution is 2.39. The van der Waals surface area contributed by atoms with Crippen LogP contribution in [0.4, 0.5) is 8.78 Å². The number of amides is 1. The van der Waals surface area contributed by atoms with Gasteiger partial charge in [0, 0.05) is 56.0 Å². The topological polar surface area (TPSA) is 120 Å². The van der Waals surface area contributed by atoms with Crippen LogP contribution in [0.15, 0.2) is 59.8 Å². The second-order valence-electron chi connectivity index (χ2n) is 12.6. The first kappa shape index (κ1) is 37.5. The zero-order chi connectivity index (χ0) is 36.3. The van der Waals surface area contributed by atoms with Crippen LogP contribution in [0.25, 0.3) is 0 Å². The Kier molecular flexibility index (Phi) is 11.9.